The maximum absolute atomic E-state index is 12.8. The predicted molar refractivity (Wildman–Crippen MR) is 88.7 cm³/mol. The first-order valence-corrected chi connectivity index (χ1v) is 8.63. The van der Waals surface area contributed by atoms with Crippen LogP contribution in [0.15, 0.2) is 28.7 Å². The number of carbonyl (C=O) groups excluding carboxylic acids is 2. The zero-order valence-corrected chi connectivity index (χ0v) is 14.5. The third kappa shape index (κ3) is 4.57. The third-order valence-electron chi connectivity index (χ3n) is 3.98. The minimum absolute atomic E-state index is 0.00342. The molecule has 0 atom stereocenters. The number of hydrogen-bond acceptors (Lipinski definition) is 3. The van der Waals surface area contributed by atoms with Crippen LogP contribution < -0.4 is 0 Å². The van der Waals surface area contributed by atoms with Gasteiger partial charge in [0.1, 0.15) is 0 Å². The highest BCUT2D eigenvalue weighted by atomic mass is 79.9. The Morgan fingerprint density at radius 1 is 1.23 bits per heavy atom. The molecule has 0 unspecified atom stereocenters. The van der Waals surface area contributed by atoms with Gasteiger partial charge in [0.2, 0.25) is 0 Å². The lowest BCUT2D eigenvalue weighted by molar-refractivity contribution is -0.143. The summed E-state index contributed by atoms with van der Waals surface area (Å²) >= 11 is 3.38. The second-order valence-electron chi connectivity index (χ2n) is 5.50. The number of esters is 1. The molecule has 0 heterocycles. The lowest BCUT2D eigenvalue weighted by Gasteiger charge is -2.29. The Morgan fingerprint density at radius 3 is 2.45 bits per heavy atom. The number of rotatable bonds is 6. The van der Waals surface area contributed by atoms with Crippen LogP contribution in [-0.2, 0) is 9.53 Å². The van der Waals surface area contributed by atoms with Gasteiger partial charge >= 0.3 is 5.97 Å². The number of ether oxygens (including phenoxy) is 1. The van der Waals surface area contributed by atoms with Crippen molar-refractivity contribution < 1.29 is 14.3 Å². The van der Waals surface area contributed by atoms with Crippen LogP contribution >= 0.6 is 15.9 Å². The Morgan fingerprint density at radius 2 is 1.86 bits per heavy atom. The topological polar surface area (TPSA) is 46.6 Å². The lowest BCUT2D eigenvalue weighted by atomic mass is 10.1. The van der Waals surface area contributed by atoms with Crippen molar-refractivity contribution in [3.8, 4) is 0 Å². The average Bonchev–Trinajstić information content (AvgIpc) is 3.02. The molecule has 1 aromatic carbocycles. The third-order valence-corrected chi connectivity index (χ3v) is 4.51. The summed E-state index contributed by atoms with van der Waals surface area (Å²) in [6.45, 7) is 2.60. The highest BCUT2D eigenvalue weighted by molar-refractivity contribution is 9.10. The van der Waals surface area contributed by atoms with Crippen molar-refractivity contribution in [1.82, 2.24) is 4.90 Å². The molecular weight excluding hydrogens is 346 g/mol. The minimum Gasteiger partial charge on any atom is -0.466 e. The van der Waals surface area contributed by atoms with E-state index >= 15 is 0 Å². The first-order valence-electron chi connectivity index (χ1n) is 7.84. The Bertz CT molecular complexity index is 509. The molecule has 1 fully saturated rings. The van der Waals surface area contributed by atoms with Crippen LogP contribution in [0.25, 0.3) is 0 Å². The van der Waals surface area contributed by atoms with Crippen LogP contribution in [0, 0.1) is 0 Å². The molecule has 0 radical (unpaired) electrons. The molecule has 5 heteroatoms. The van der Waals surface area contributed by atoms with Crippen LogP contribution in [0.2, 0.25) is 0 Å². The van der Waals surface area contributed by atoms with E-state index in [1.54, 1.807) is 6.92 Å². The van der Waals surface area contributed by atoms with Crippen molar-refractivity contribution in [3.63, 3.8) is 0 Å². The molecule has 1 aliphatic rings. The van der Waals surface area contributed by atoms with Gasteiger partial charge in [-0.05, 0) is 44.0 Å². The van der Waals surface area contributed by atoms with Gasteiger partial charge in [0.15, 0.2) is 0 Å². The van der Waals surface area contributed by atoms with Gasteiger partial charge in [-0.15, -0.1) is 0 Å². The van der Waals surface area contributed by atoms with Crippen molar-refractivity contribution in [2.45, 2.75) is 45.1 Å². The number of halogens is 1. The number of nitrogens with zero attached hydrogens (tertiary/aromatic N) is 1. The standard InChI is InChI=1S/C17H22BrNO3/c1-2-22-16(20)11-12-19(15-5-3-4-6-15)17(21)13-7-9-14(18)10-8-13/h7-10,15H,2-6,11-12H2,1H3. The molecule has 1 aliphatic carbocycles. The SMILES string of the molecule is CCOC(=O)CCN(C(=O)c1ccc(Br)cc1)C1CCCC1. The van der Waals surface area contributed by atoms with E-state index in [9.17, 15) is 9.59 Å². The van der Waals surface area contributed by atoms with Gasteiger partial charge in [-0.25, -0.2) is 0 Å². The Balaban J connectivity index is 2.07. The summed E-state index contributed by atoms with van der Waals surface area (Å²) in [5.41, 5.74) is 0.666. The molecule has 0 saturated heterocycles. The smallest absolute Gasteiger partial charge is 0.307 e. The van der Waals surface area contributed by atoms with Crippen molar-refractivity contribution in [2.24, 2.45) is 0 Å². The van der Waals surface area contributed by atoms with Gasteiger partial charge in [0.05, 0.1) is 13.0 Å². The molecule has 0 spiro atoms. The molecule has 120 valence electrons. The van der Waals surface area contributed by atoms with Gasteiger partial charge in [0.25, 0.3) is 5.91 Å². The average molecular weight is 368 g/mol. The molecule has 1 amide bonds. The van der Waals surface area contributed by atoms with E-state index in [1.165, 1.54) is 0 Å². The molecule has 1 aromatic rings. The second-order valence-corrected chi connectivity index (χ2v) is 6.41. The summed E-state index contributed by atoms with van der Waals surface area (Å²) in [6, 6.07) is 7.61. The molecule has 1 saturated carbocycles. The van der Waals surface area contributed by atoms with E-state index in [0.717, 1.165) is 30.2 Å². The molecule has 4 nitrogen and oxygen atoms in total. The minimum atomic E-state index is -0.242. The fourth-order valence-corrected chi connectivity index (χ4v) is 3.13. The summed E-state index contributed by atoms with van der Waals surface area (Å²) < 4.78 is 5.92. The Hall–Kier alpha value is -1.36. The van der Waals surface area contributed by atoms with Gasteiger partial charge in [-0.2, -0.15) is 0 Å². The number of benzene rings is 1. The molecule has 0 aliphatic heterocycles. The molecule has 22 heavy (non-hydrogen) atoms. The first-order chi connectivity index (χ1) is 10.6. The maximum Gasteiger partial charge on any atom is 0.307 e. The van der Waals surface area contributed by atoms with Crippen molar-refractivity contribution in [3.05, 3.63) is 34.3 Å². The maximum atomic E-state index is 12.8. The normalized spacial score (nSPS) is 14.8. The molecular formula is C17H22BrNO3. The lowest BCUT2D eigenvalue weighted by Crippen LogP contribution is -2.40. The van der Waals surface area contributed by atoms with Gasteiger partial charge in [-0.3, -0.25) is 9.59 Å². The number of amides is 1. The predicted octanol–water partition coefficient (Wildman–Crippen LogP) is 3.79. The Kier molecular flexibility index (Phi) is 6.43. The van der Waals surface area contributed by atoms with Gasteiger partial charge < -0.3 is 9.64 Å². The quantitative estimate of drug-likeness (QED) is 0.718. The van der Waals surface area contributed by atoms with E-state index in [2.05, 4.69) is 15.9 Å². The molecule has 0 N–H and O–H groups in total. The highest BCUT2D eigenvalue weighted by Gasteiger charge is 2.27. The summed E-state index contributed by atoms with van der Waals surface area (Å²) in [5, 5.41) is 0. The zero-order chi connectivity index (χ0) is 15.9. The van der Waals surface area contributed by atoms with Gasteiger partial charge in [-0.1, -0.05) is 28.8 Å². The Labute approximate surface area is 140 Å². The van der Waals surface area contributed by atoms with E-state index in [4.69, 9.17) is 4.74 Å². The van der Waals surface area contributed by atoms with Crippen LogP contribution in [0.4, 0.5) is 0 Å². The largest absolute Gasteiger partial charge is 0.466 e. The summed E-state index contributed by atoms with van der Waals surface area (Å²) in [6.07, 6.45) is 4.59. The van der Waals surface area contributed by atoms with Gasteiger partial charge in [0, 0.05) is 22.6 Å². The first kappa shape index (κ1) is 17.0. The molecule has 0 bridgehead atoms. The van der Waals surface area contributed by atoms with Crippen LogP contribution in [-0.4, -0.2) is 36.0 Å². The summed E-state index contributed by atoms with van der Waals surface area (Å²) in [4.78, 5) is 26.2. The fraction of sp³-hybridized carbons (Fsp3) is 0.529. The van der Waals surface area contributed by atoms with E-state index in [0.29, 0.717) is 18.7 Å². The van der Waals surface area contributed by atoms with Crippen LogP contribution in [0.1, 0.15) is 49.4 Å². The fourth-order valence-electron chi connectivity index (χ4n) is 2.87. The molecule has 2 rings (SSSR count). The van der Waals surface area contributed by atoms with E-state index in [-0.39, 0.29) is 24.3 Å². The van der Waals surface area contributed by atoms with Crippen molar-refractivity contribution in [1.29, 1.82) is 0 Å². The monoisotopic (exact) mass is 367 g/mol. The van der Waals surface area contributed by atoms with Crippen molar-refractivity contribution >= 4 is 27.8 Å². The van der Waals surface area contributed by atoms with Crippen LogP contribution in [0.3, 0.4) is 0 Å². The highest BCUT2D eigenvalue weighted by Crippen LogP contribution is 2.25. The zero-order valence-electron chi connectivity index (χ0n) is 12.9. The molecule has 0 aromatic heterocycles. The second kappa shape index (κ2) is 8.32. The number of carbonyl (C=O) groups is 2. The summed E-state index contributed by atoms with van der Waals surface area (Å²) in [7, 11) is 0. The summed E-state index contributed by atoms with van der Waals surface area (Å²) in [5.74, 6) is -0.238. The van der Waals surface area contributed by atoms with E-state index in [1.807, 2.05) is 29.2 Å². The van der Waals surface area contributed by atoms with Crippen LogP contribution in [0.5, 0.6) is 0 Å². The number of hydrogen-bond donors (Lipinski definition) is 0. The van der Waals surface area contributed by atoms with E-state index < -0.39 is 0 Å². The van der Waals surface area contributed by atoms with Crippen molar-refractivity contribution in [2.75, 3.05) is 13.2 Å².